The molecule has 3 aromatic rings. The van der Waals surface area contributed by atoms with Crippen LogP contribution in [0.2, 0.25) is 0 Å². The Bertz CT molecular complexity index is 1080. The van der Waals surface area contributed by atoms with E-state index in [0.717, 1.165) is 6.07 Å². The molecule has 0 aliphatic heterocycles. The maximum absolute atomic E-state index is 11.5. The summed E-state index contributed by atoms with van der Waals surface area (Å²) in [6.45, 7) is 0. The molecule has 0 atom stereocenters. The second-order valence-corrected chi connectivity index (χ2v) is 5.63. The summed E-state index contributed by atoms with van der Waals surface area (Å²) >= 11 is 0. The summed E-state index contributed by atoms with van der Waals surface area (Å²) in [7, 11) is 1.26. The van der Waals surface area contributed by atoms with Gasteiger partial charge < -0.3 is 19.7 Å². The average Bonchev–Trinajstić information content (AvgIpc) is 3.18. The number of benzene rings is 2. The fourth-order valence-electron chi connectivity index (χ4n) is 2.50. The lowest BCUT2D eigenvalue weighted by molar-refractivity contribution is -0.383. The van der Waals surface area contributed by atoms with Crippen molar-refractivity contribution in [1.82, 2.24) is 9.55 Å². The van der Waals surface area contributed by atoms with Crippen LogP contribution in [0.1, 0.15) is 20.8 Å². The van der Waals surface area contributed by atoms with E-state index in [1.165, 1.54) is 31.8 Å². The zero-order chi connectivity index (χ0) is 20.3. The number of nitro benzene ring substituents is 1. The van der Waals surface area contributed by atoms with Gasteiger partial charge in [0.25, 0.3) is 5.69 Å². The average molecular weight is 382 g/mol. The summed E-state index contributed by atoms with van der Waals surface area (Å²) in [5.74, 6) is -1.82. The van der Waals surface area contributed by atoms with Crippen LogP contribution in [-0.2, 0) is 4.74 Å². The van der Waals surface area contributed by atoms with Gasteiger partial charge in [-0.05, 0) is 30.3 Å². The number of rotatable bonds is 6. The third-order valence-corrected chi connectivity index (χ3v) is 3.84. The molecule has 0 aliphatic rings. The van der Waals surface area contributed by atoms with Gasteiger partial charge in [-0.15, -0.1) is 0 Å². The van der Waals surface area contributed by atoms with Crippen molar-refractivity contribution >= 4 is 29.0 Å². The molecule has 0 unspecified atom stereocenters. The van der Waals surface area contributed by atoms with Crippen molar-refractivity contribution < 1.29 is 24.4 Å². The predicted molar refractivity (Wildman–Crippen MR) is 98.2 cm³/mol. The van der Waals surface area contributed by atoms with Gasteiger partial charge in [0, 0.05) is 23.6 Å². The number of imidazole rings is 1. The number of nitrogens with zero attached hydrogens (tertiary/aromatic N) is 3. The first-order valence-corrected chi connectivity index (χ1v) is 7.90. The minimum absolute atomic E-state index is 0.140. The number of esters is 1. The Morgan fingerprint density at radius 1 is 1.25 bits per heavy atom. The van der Waals surface area contributed by atoms with E-state index in [-0.39, 0.29) is 22.6 Å². The van der Waals surface area contributed by atoms with Crippen molar-refractivity contribution in [2.24, 2.45) is 0 Å². The standard InChI is InChI=1S/C18H14N4O6/c1-28-18(25)15-9-21(10-19-15)13-4-2-3-12(8-13)20-14-6-5-11(17(23)24)7-16(14)22(26)27/h2-10,20H,1H3,(H,23,24). The number of carbonyl (C=O) groups is 2. The molecule has 142 valence electrons. The topological polar surface area (TPSA) is 137 Å². The molecule has 2 aromatic carbocycles. The Morgan fingerprint density at radius 3 is 2.71 bits per heavy atom. The molecule has 2 N–H and O–H groups in total. The molecule has 10 nitrogen and oxygen atoms in total. The maximum atomic E-state index is 11.5. The first-order valence-electron chi connectivity index (χ1n) is 7.90. The molecule has 1 aromatic heterocycles. The molecule has 0 radical (unpaired) electrons. The van der Waals surface area contributed by atoms with E-state index in [0.29, 0.717) is 11.4 Å². The number of anilines is 2. The fraction of sp³-hybridized carbons (Fsp3) is 0.0556. The van der Waals surface area contributed by atoms with E-state index < -0.39 is 16.9 Å². The van der Waals surface area contributed by atoms with Gasteiger partial charge in [-0.3, -0.25) is 10.1 Å². The minimum Gasteiger partial charge on any atom is -0.478 e. The molecular weight excluding hydrogens is 368 g/mol. The van der Waals surface area contributed by atoms with Crippen molar-refractivity contribution in [3.63, 3.8) is 0 Å². The van der Waals surface area contributed by atoms with E-state index in [2.05, 4.69) is 15.0 Å². The molecule has 0 bridgehead atoms. The number of ether oxygens (including phenoxy) is 1. The van der Waals surface area contributed by atoms with E-state index in [4.69, 9.17) is 5.11 Å². The Labute approximate surface area is 158 Å². The molecule has 0 saturated carbocycles. The van der Waals surface area contributed by atoms with E-state index in [1.807, 2.05) is 0 Å². The largest absolute Gasteiger partial charge is 0.478 e. The van der Waals surface area contributed by atoms with Crippen LogP contribution in [0.3, 0.4) is 0 Å². The molecule has 0 saturated heterocycles. The quantitative estimate of drug-likeness (QED) is 0.377. The number of carboxylic acids is 1. The summed E-state index contributed by atoms with van der Waals surface area (Å²) < 4.78 is 6.21. The number of hydrogen-bond acceptors (Lipinski definition) is 7. The SMILES string of the molecule is COC(=O)c1cn(-c2cccc(Nc3ccc(C(=O)O)cc3[N+](=O)[O-])c2)cn1. The highest BCUT2D eigenvalue weighted by Gasteiger charge is 2.17. The Hall–Kier alpha value is -4.21. The lowest BCUT2D eigenvalue weighted by Crippen LogP contribution is -2.02. The number of carbonyl (C=O) groups excluding carboxylic acids is 1. The lowest BCUT2D eigenvalue weighted by Gasteiger charge is -2.10. The number of nitro groups is 1. The van der Waals surface area contributed by atoms with Gasteiger partial charge in [0.1, 0.15) is 12.0 Å². The lowest BCUT2D eigenvalue weighted by atomic mass is 10.1. The van der Waals surface area contributed by atoms with E-state index in [1.54, 1.807) is 28.8 Å². The molecule has 3 rings (SSSR count). The molecule has 0 fully saturated rings. The summed E-state index contributed by atoms with van der Waals surface area (Å²) in [5, 5.41) is 23.2. The normalized spacial score (nSPS) is 10.3. The van der Waals surface area contributed by atoms with Gasteiger partial charge in [0.2, 0.25) is 0 Å². The summed E-state index contributed by atoms with van der Waals surface area (Å²) in [6, 6.07) is 10.5. The second-order valence-electron chi connectivity index (χ2n) is 5.63. The molecule has 1 heterocycles. The highest BCUT2D eigenvalue weighted by atomic mass is 16.6. The van der Waals surface area contributed by atoms with Crippen LogP contribution < -0.4 is 5.32 Å². The van der Waals surface area contributed by atoms with Crippen molar-refractivity contribution in [2.45, 2.75) is 0 Å². The van der Waals surface area contributed by atoms with Crippen LogP contribution in [0, 0.1) is 10.1 Å². The Morgan fingerprint density at radius 2 is 2.04 bits per heavy atom. The van der Waals surface area contributed by atoms with E-state index >= 15 is 0 Å². The monoisotopic (exact) mass is 382 g/mol. The summed E-state index contributed by atoms with van der Waals surface area (Å²) in [4.78, 5) is 37.2. The Balaban J connectivity index is 1.91. The molecular formula is C18H14N4O6. The number of aromatic carboxylic acids is 1. The molecule has 10 heteroatoms. The number of nitrogens with one attached hydrogen (secondary N) is 1. The molecule has 28 heavy (non-hydrogen) atoms. The maximum Gasteiger partial charge on any atom is 0.358 e. The summed E-state index contributed by atoms with van der Waals surface area (Å²) in [6.07, 6.45) is 2.94. The summed E-state index contributed by atoms with van der Waals surface area (Å²) in [5.41, 5.74) is 0.920. The van der Waals surface area contributed by atoms with Crippen LogP contribution in [-0.4, -0.2) is 38.6 Å². The zero-order valence-corrected chi connectivity index (χ0v) is 14.5. The van der Waals surface area contributed by atoms with Crippen LogP contribution >= 0.6 is 0 Å². The van der Waals surface area contributed by atoms with Crippen LogP contribution in [0.5, 0.6) is 0 Å². The van der Waals surface area contributed by atoms with Crippen molar-refractivity contribution in [3.8, 4) is 5.69 Å². The fourth-order valence-corrected chi connectivity index (χ4v) is 2.50. The Kier molecular flexibility index (Phi) is 5.03. The minimum atomic E-state index is -1.25. The number of methoxy groups -OCH3 is 1. The second kappa shape index (κ2) is 7.58. The predicted octanol–water partition coefficient (Wildman–Crippen LogP) is 3.01. The molecule has 0 amide bonds. The van der Waals surface area contributed by atoms with Crippen molar-refractivity contribution in [3.05, 3.63) is 76.4 Å². The van der Waals surface area contributed by atoms with Crippen LogP contribution in [0.25, 0.3) is 5.69 Å². The third-order valence-electron chi connectivity index (χ3n) is 3.84. The van der Waals surface area contributed by atoms with E-state index in [9.17, 15) is 19.7 Å². The third kappa shape index (κ3) is 3.80. The smallest absolute Gasteiger partial charge is 0.358 e. The van der Waals surface area contributed by atoms with Gasteiger partial charge in [-0.2, -0.15) is 0 Å². The van der Waals surface area contributed by atoms with Crippen LogP contribution in [0.4, 0.5) is 17.1 Å². The number of aromatic nitrogens is 2. The highest BCUT2D eigenvalue weighted by molar-refractivity contribution is 5.90. The first kappa shape index (κ1) is 18.6. The highest BCUT2D eigenvalue weighted by Crippen LogP contribution is 2.29. The zero-order valence-electron chi connectivity index (χ0n) is 14.5. The van der Waals surface area contributed by atoms with Gasteiger partial charge >= 0.3 is 11.9 Å². The van der Waals surface area contributed by atoms with Gasteiger partial charge in [-0.25, -0.2) is 14.6 Å². The van der Waals surface area contributed by atoms with Gasteiger partial charge in [0.05, 0.1) is 17.6 Å². The van der Waals surface area contributed by atoms with Gasteiger partial charge in [0.15, 0.2) is 5.69 Å². The first-order chi connectivity index (χ1) is 13.4. The van der Waals surface area contributed by atoms with Crippen molar-refractivity contribution in [2.75, 3.05) is 12.4 Å². The number of carboxylic acid groups (broad SMARTS) is 1. The van der Waals surface area contributed by atoms with Crippen LogP contribution in [0.15, 0.2) is 55.0 Å². The van der Waals surface area contributed by atoms with Gasteiger partial charge in [-0.1, -0.05) is 6.07 Å². The molecule has 0 aliphatic carbocycles. The van der Waals surface area contributed by atoms with Crippen molar-refractivity contribution in [1.29, 1.82) is 0 Å². The molecule has 0 spiro atoms. The number of hydrogen-bond donors (Lipinski definition) is 2.